The van der Waals surface area contributed by atoms with Gasteiger partial charge >= 0.3 is 0 Å². The van der Waals surface area contributed by atoms with E-state index in [9.17, 15) is 0 Å². The van der Waals surface area contributed by atoms with Crippen molar-refractivity contribution >= 4 is 0 Å². The molecule has 0 bridgehead atoms. The molecular formula is C12H18O. The number of ether oxygens (including phenoxy) is 1. The van der Waals surface area contributed by atoms with Crippen molar-refractivity contribution in [3.63, 3.8) is 0 Å². The minimum absolute atomic E-state index is 0.0282. The van der Waals surface area contributed by atoms with E-state index in [4.69, 9.17) is 4.74 Å². The van der Waals surface area contributed by atoms with Crippen molar-refractivity contribution in [2.75, 3.05) is 0 Å². The van der Waals surface area contributed by atoms with Crippen molar-refractivity contribution < 1.29 is 4.74 Å². The molecule has 0 spiro atoms. The second-order valence-electron chi connectivity index (χ2n) is 2.73. The van der Waals surface area contributed by atoms with Gasteiger partial charge in [-0.1, -0.05) is 24.3 Å². The molecule has 0 aromatic carbocycles. The highest BCUT2D eigenvalue weighted by molar-refractivity contribution is 4.92. The Kier molecular flexibility index (Phi) is 6.93. The van der Waals surface area contributed by atoms with Crippen LogP contribution in [-0.2, 0) is 4.74 Å². The summed E-state index contributed by atoms with van der Waals surface area (Å²) >= 11 is 0. The van der Waals surface area contributed by atoms with Gasteiger partial charge in [0.1, 0.15) is 0 Å². The van der Waals surface area contributed by atoms with Gasteiger partial charge in [-0.3, -0.25) is 0 Å². The Morgan fingerprint density at radius 3 is 1.46 bits per heavy atom. The largest absolute Gasteiger partial charge is 0.366 e. The SMILES string of the molecule is C=CCC(C=C)OC(C=C)CC=C. The van der Waals surface area contributed by atoms with Crippen LogP contribution in [0.2, 0.25) is 0 Å². The summed E-state index contributed by atoms with van der Waals surface area (Å²) in [6.45, 7) is 14.7. The Balaban J connectivity index is 4.00. The lowest BCUT2D eigenvalue weighted by Gasteiger charge is -2.17. The zero-order chi connectivity index (χ0) is 10.1. The molecule has 0 rings (SSSR count). The molecule has 0 aromatic rings. The number of hydrogen-bond donors (Lipinski definition) is 0. The maximum absolute atomic E-state index is 5.65. The first-order valence-electron chi connectivity index (χ1n) is 4.40. The van der Waals surface area contributed by atoms with Crippen LogP contribution in [0, 0.1) is 0 Å². The first kappa shape index (κ1) is 11.9. The van der Waals surface area contributed by atoms with Crippen LogP contribution in [-0.4, -0.2) is 12.2 Å². The molecule has 2 atom stereocenters. The van der Waals surface area contributed by atoms with Gasteiger partial charge in [0.05, 0.1) is 12.2 Å². The molecule has 0 aliphatic carbocycles. The van der Waals surface area contributed by atoms with Gasteiger partial charge in [-0.05, 0) is 12.8 Å². The molecule has 0 aromatic heterocycles. The third-order valence-corrected chi connectivity index (χ3v) is 1.67. The second-order valence-corrected chi connectivity index (χ2v) is 2.73. The number of hydrogen-bond acceptors (Lipinski definition) is 1. The van der Waals surface area contributed by atoms with Gasteiger partial charge < -0.3 is 4.74 Å². The lowest BCUT2D eigenvalue weighted by molar-refractivity contribution is 0.0455. The van der Waals surface area contributed by atoms with E-state index < -0.39 is 0 Å². The van der Waals surface area contributed by atoms with Gasteiger partial charge in [0.25, 0.3) is 0 Å². The summed E-state index contributed by atoms with van der Waals surface area (Å²) < 4.78 is 5.65. The van der Waals surface area contributed by atoms with E-state index in [1.54, 1.807) is 12.2 Å². The van der Waals surface area contributed by atoms with E-state index in [2.05, 4.69) is 26.3 Å². The minimum atomic E-state index is 0.0282. The van der Waals surface area contributed by atoms with Crippen LogP contribution >= 0.6 is 0 Å². The van der Waals surface area contributed by atoms with Crippen molar-refractivity contribution in [1.82, 2.24) is 0 Å². The molecule has 0 aliphatic rings. The summed E-state index contributed by atoms with van der Waals surface area (Å²) in [4.78, 5) is 0. The first-order chi connectivity index (χ1) is 6.28. The predicted molar refractivity (Wildman–Crippen MR) is 58.7 cm³/mol. The van der Waals surface area contributed by atoms with Gasteiger partial charge in [0.15, 0.2) is 0 Å². The van der Waals surface area contributed by atoms with Gasteiger partial charge in [-0.2, -0.15) is 0 Å². The van der Waals surface area contributed by atoms with E-state index in [-0.39, 0.29) is 12.2 Å². The van der Waals surface area contributed by atoms with E-state index in [1.165, 1.54) is 0 Å². The fraction of sp³-hybridized carbons (Fsp3) is 0.333. The lowest BCUT2D eigenvalue weighted by atomic mass is 10.2. The predicted octanol–water partition coefficient (Wildman–Crippen LogP) is 3.26. The first-order valence-corrected chi connectivity index (χ1v) is 4.40. The summed E-state index contributed by atoms with van der Waals surface area (Å²) in [5.74, 6) is 0. The molecule has 0 N–H and O–H groups in total. The van der Waals surface area contributed by atoms with E-state index in [0.29, 0.717) is 0 Å². The van der Waals surface area contributed by atoms with Gasteiger partial charge in [-0.15, -0.1) is 26.3 Å². The molecule has 0 aliphatic heterocycles. The Morgan fingerprint density at radius 2 is 1.23 bits per heavy atom. The molecule has 2 unspecified atom stereocenters. The highest BCUT2D eigenvalue weighted by atomic mass is 16.5. The lowest BCUT2D eigenvalue weighted by Crippen LogP contribution is -2.17. The van der Waals surface area contributed by atoms with Crippen LogP contribution in [0.5, 0.6) is 0 Å². The molecular weight excluding hydrogens is 160 g/mol. The smallest absolute Gasteiger partial charge is 0.0795 e. The highest BCUT2D eigenvalue weighted by Gasteiger charge is 2.08. The molecule has 72 valence electrons. The summed E-state index contributed by atoms with van der Waals surface area (Å²) in [5, 5.41) is 0. The van der Waals surface area contributed by atoms with Crippen LogP contribution in [0.1, 0.15) is 12.8 Å². The Labute approximate surface area is 81.1 Å². The van der Waals surface area contributed by atoms with Gasteiger partial charge in [0, 0.05) is 0 Å². The van der Waals surface area contributed by atoms with Crippen molar-refractivity contribution in [2.45, 2.75) is 25.0 Å². The molecule has 0 saturated heterocycles. The van der Waals surface area contributed by atoms with E-state index in [1.807, 2.05) is 12.2 Å². The van der Waals surface area contributed by atoms with Crippen molar-refractivity contribution in [1.29, 1.82) is 0 Å². The van der Waals surface area contributed by atoms with Crippen LogP contribution in [0.15, 0.2) is 50.6 Å². The van der Waals surface area contributed by atoms with Crippen molar-refractivity contribution in [3.8, 4) is 0 Å². The maximum Gasteiger partial charge on any atom is 0.0795 e. The number of rotatable bonds is 8. The Hall–Kier alpha value is -1.08. The fourth-order valence-corrected chi connectivity index (χ4v) is 0.968. The Bertz CT molecular complexity index is 162. The average molecular weight is 178 g/mol. The molecule has 1 heteroatoms. The highest BCUT2D eigenvalue weighted by Crippen LogP contribution is 2.09. The molecule has 0 heterocycles. The average Bonchev–Trinajstić information content (AvgIpc) is 2.16. The minimum Gasteiger partial charge on any atom is -0.366 e. The molecule has 13 heavy (non-hydrogen) atoms. The van der Waals surface area contributed by atoms with Crippen LogP contribution in [0.25, 0.3) is 0 Å². The zero-order valence-corrected chi connectivity index (χ0v) is 8.11. The molecule has 0 saturated carbocycles. The van der Waals surface area contributed by atoms with Crippen LogP contribution in [0.4, 0.5) is 0 Å². The second kappa shape index (κ2) is 7.56. The molecule has 0 fully saturated rings. The molecule has 0 amide bonds. The summed E-state index contributed by atoms with van der Waals surface area (Å²) in [6.07, 6.45) is 8.82. The van der Waals surface area contributed by atoms with E-state index >= 15 is 0 Å². The normalized spacial score (nSPS) is 14.2. The third kappa shape index (κ3) is 5.21. The summed E-state index contributed by atoms with van der Waals surface area (Å²) in [6, 6.07) is 0. The topological polar surface area (TPSA) is 9.23 Å². The molecule has 0 radical (unpaired) electrons. The van der Waals surface area contributed by atoms with Gasteiger partial charge in [0.2, 0.25) is 0 Å². The summed E-state index contributed by atoms with van der Waals surface area (Å²) in [5.41, 5.74) is 0. The van der Waals surface area contributed by atoms with Crippen LogP contribution < -0.4 is 0 Å². The molecule has 1 nitrogen and oxygen atoms in total. The zero-order valence-electron chi connectivity index (χ0n) is 8.11. The third-order valence-electron chi connectivity index (χ3n) is 1.67. The van der Waals surface area contributed by atoms with Gasteiger partial charge in [-0.25, -0.2) is 0 Å². The van der Waals surface area contributed by atoms with Crippen LogP contribution in [0.3, 0.4) is 0 Å². The standard InChI is InChI=1S/C12H18O/c1-5-9-11(7-3)13-12(8-4)10-6-2/h5-8,11-12H,1-4,9-10H2. The Morgan fingerprint density at radius 1 is 0.846 bits per heavy atom. The van der Waals surface area contributed by atoms with Crippen molar-refractivity contribution in [3.05, 3.63) is 50.6 Å². The maximum atomic E-state index is 5.65. The summed E-state index contributed by atoms with van der Waals surface area (Å²) in [7, 11) is 0. The quantitative estimate of drug-likeness (QED) is 0.518. The monoisotopic (exact) mass is 178 g/mol. The van der Waals surface area contributed by atoms with E-state index in [0.717, 1.165) is 12.8 Å². The van der Waals surface area contributed by atoms with Crippen molar-refractivity contribution in [2.24, 2.45) is 0 Å². The fourth-order valence-electron chi connectivity index (χ4n) is 0.968.